The molecule has 0 unspecified atom stereocenters. The van der Waals surface area contributed by atoms with Crippen molar-refractivity contribution < 1.29 is 23.8 Å². The van der Waals surface area contributed by atoms with Crippen LogP contribution in [0.5, 0.6) is 11.5 Å². The first-order valence-corrected chi connectivity index (χ1v) is 8.91. The Bertz CT molecular complexity index is 973. The summed E-state index contributed by atoms with van der Waals surface area (Å²) < 4.78 is 15.8. The summed E-state index contributed by atoms with van der Waals surface area (Å²) in [5, 5.41) is 0. The van der Waals surface area contributed by atoms with Crippen molar-refractivity contribution in [3.05, 3.63) is 69.7 Å². The van der Waals surface area contributed by atoms with Gasteiger partial charge in [0.05, 0.1) is 18.6 Å². The van der Waals surface area contributed by atoms with Crippen molar-refractivity contribution in [1.29, 1.82) is 0 Å². The van der Waals surface area contributed by atoms with Crippen LogP contribution in [0.2, 0.25) is 0 Å². The fourth-order valence-electron chi connectivity index (χ4n) is 3.03. The lowest BCUT2D eigenvalue weighted by Crippen LogP contribution is -2.30. The average molecular weight is 383 g/mol. The maximum absolute atomic E-state index is 12.5. The summed E-state index contributed by atoms with van der Waals surface area (Å²) in [5.74, 6) is -1.10. The summed E-state index contributed by atoms with van der Waals surface area (Å²) >= 11 is 0. The van der Waals surface area contributed by atoms with Crippen molar-refractivity contribution in [2.45, 2.75) is 26.2 Å². The summed E-state index contributed by atoms with van der Waals surface area (Å²) in [4.78, 5) is 39.4. The predicted octanol–water partition coefficient (Wildman–Crippen LogP) is 2.95. The number of fused-ring (bicyclic) bond motifs is 1. The lowest BCUT2D eigenvalue weighted by Gasteiger charge is -2.25. The van der Waals surface area contributed by atoms with Gasteiger partial charge in [-0.15, -0.1) is 0 Å². The third-order valence-corrected chi connectivity index (χ3v) is 4.28. The highest BCUT2D eigenvalue weighted by atomic mass is 16.5. The number of nitrogens with one attached hydrogen (secondary N) is 1. The Morgan fingerprint density at radius 1 is 1.29 bits per heavy atom. The molecule has 7 heteroatoms. The minimum absolute atomic E-state index is 0.00563. The third kappa shape index (κ3) is 3.98. The molecule has 0 fully saturated rings. The molecule has 1 N–H and O–H groups in total. The topological polar surface area (TPSA) is 94.7 Å². The Labute approximate surface area is 161 Å². The standard InChI is InChI=1S/C21H21NO6/c1-4-26-21(25)16-10-22-20(24)18-15(9-17(23)28-19(16)18)13-5-7-14(8-6-13)27-11-12(2)3/h5-8,10,15H,2,4,9,11H2,1,3H3,(H,22,24)/t15-/m1/s1. The molecule has 7 nitrogen and oxygen atoms in total. The van der Waals surface area contributed by atoms with Crippen LogP contribution in [0.15, 0.2) is 47.4 Å². The van der Waals surface area contributed by atoms with E-state index in [9.17, 15) is 14.4 Å². The van der Waals surface area contributed by atoms with Crippen LogP contribution >= 0.6 is 0 Å². The second-order valence-electron chi connectivity index (χ2n) is 6.54. The monoisotopic (exact) mass is 383 g/mol. The van der Waals surface area contributed by atoms with Crippen molar-refractivity contribution in [2.75, 3.05) is 13.2 Å². The van der Waals surface area contributed by atoms with E-state index < -0.39 is 23.4 Å². The molecule has 1 aromatic heterocycles. The highest BCUT2D eigenvalue weighted by molar-refractivity contribution is 5.94. The molecule has 2 heterocycles. The molecule has 28 heavy (non-hydrogen) atoms. The first kappa shape index (κ1) is 19.4. The fraction of sp³-hybridized carbons (Fsp3) is 0.286. The summed E-state index contributed by atoms with van der Waals surface area (Å²) in [7, 11) is 0. The number of hydrogen-bond acceptors (Lipinski definition) is 6. The number of aromatic nitrogens is 1. The molecule has 1 aliphatic rings. The van der Waals surface area contributed by atoms with Gasteiger partial charge in [-0.05, 0) is 37.1 Å². The number of benzene rings is 1. The number of ether oxygens (including phenoxy) is 3. The van der Waals surface area contributed by atoms with Gasteiger partial charge in [-0.1, -0.05) is 18.7 Å². The fourth-order valence-corrected chi connectivity index (χ4v) is 3.03. The van der Waals surface area contributed by atoms with Gasteiger partial charge in [0.1, 0.15) is 17.9 Å². The molecule has 0 spiro atoms. The molecule has 0 aliphatic carbocycles. The van der Waals surface area contributed by atoms with Crippen molar-refractivity contribution >= 4 is 11.9 Å². The van der Waals surface area contributed by atoms with Gasteiger partial charge in [0, 0.05) is 12.1 Å². The average Bonchev–Trinajstić information content (AvgIpc) is 2.66. The molecular formula is C21H21NO6. The minimum Gasteiger partial charge on any atom is -0.489 e. The molecule has 0 radical (unpaired) electrons. The van der Waals surface area contributed by atoms with Crippen LogP contribution in [0, 0.1) is 0 Å². The normalized spacial score (nSPS) is 15.4. The van der Waals surface area contributed by atoms with Gasteiger partial charge in [-0.2, -0.15) is 0 Å². The molecule has 146 valence electrons. The quantitative estimate of drug-likeness (QED) is 0.609. The molecule has 1 atom stereocenters. The molecule has 2 aromatic rings. The van der Waals surface area contributed by atoms with Gasteiger partial charge in [0.25, 0.3) is 5.56 Å². The number of rotatable bonds is 6. The highest BCUT2D eigenvalue weighted by Crippen LogP contribution is 2.38. The zero-order valence-corrected chi connectivity index (χ0v) is 15.7. The van der Waals surface area contributed by atoms with Gasteiger partial charge >= 0.3 is 11.9 Å². The number of carbonyl (C=O) groups excluding carboxylic acids is 2. The molecule has 0 bridgehead atoms. The van der Waals surface area contributed by atoms with E-state index in [2.05, 4.69) is 11.6 Å². The highest BCUT2D eigenvalue weighted by Gasteiger charge is 2.34. The summed E-state index contributed by atoms with van der Waals surface area (Å²) in [6, 6.07) is 7.11. The van der Waals surface area contributed by atoms with Crippen LogP contribution < -0.4 is 15.0 Å². The van der Waals surface area contributed by atoms with Gasteiger partial charge in [0.15, 0.2) is 5.75 Å². The number of H-pyrrole nitrogens is 1. The summed E-state index contributed by atoms with van der Waals surface area (Å²) in [6.07, 6.45) is 1.21. The van der Waals surface area contributed by atoms with Crippen molar-refractivity contribution in [3.8, 4) is 11.5 Å². The maximum atomic E-state index is 12.5. The van der Waals surface area contributed by atoms with E-state index >= 15 is 0 Å². The molecule has 1 aliphatic heterocycles. The first-order chi connectivity index (χ1) is 13.4. The third-order valence-electron chi connectivity index (χ3n) is 4.28. The Hall–Kier alpha value is -3.35. The number of hydrogen-bond donors (Lipinski definition) is 1. The SMILES string of the molecule is C=C(C)COc1ccc([C@H]2CC(=O)Oc3c(C(=O)OCC)c[nH]c(=O)c32)cc1. The van der Waals surface area contributed by atoms with E-state index in [0.717, 1.165) is 11.1 Å². The lowest BCUT2D eigenvalue weighted by molar-refractivity contribution is -0.135. The van der Waals surface area contributed by atoms with Crippen molar-refractivity contribution in [3.63, 3.8) is 0 Å². The molecule has 3 rings (SSSR count). The molecule has 0 amide bonds. The van der Waals surface area contributed by atoms with Crippen LogP contribution in [-0.4, -0.2) is 30.1 Å². The summed E-state index contributed by atoms with van der Waals surface area (Å²) in [6.45, 7) is 7.89. The van der Waals surface area contributed by atoms with Gasteiger partial charge < -0.3 is 19.2 Å². The Morgan fingerprint density at radius 3 is 2.64 bits per heavy atom. The Balaban J connectivity index is 2.00. The van der Waals surface area contributed by atoms with Crippen LogP contribution in [0.25, 0.3) is 0 Å². The van der Waals surface area contributed by atoms with Crippen LogP contribution in [0.3, 0.4) is 0 Å². The minimum atomic E-state index is -0.660. The van der Waals surface area contributed by atoms with Gasteiger partial charge in [-0.25, -0.2) is 4.79 Å². The second kappa shape index (κ2) is 8.12. The van der Waals surface area contributed by atoms with E-state index in [4.69, 9.17) is 14.2 Å². The molecule has 1 aromatic carbocycles. The number of carbonyl (C=O) groups is 2. The van der Waals surface area contributed by atoms with Crippen molar-refractivity contribution in [1.82, 2.24) is 4.98 Å². The van der Waals surface area contributed by atoms with Gasteiger partial charge in [-0.3, -0.25) is 9.59 Å². The van der Waals surface area contributed by atoms with Crippen LogP contribution in [0.4, 0.5) is 0 Å². The van der Waals surface area contributed by atoms with E-state index in [1.165, 1.54) is 6.20 Å². The van der Waals surface area contributed by atoms with E-state index in [1.807, 2.05) is 6.92 Å². The summed E-state index contributed by atoms with van der Waals surface area (Å²) in [5.41, 5.74) is 1.48. The number of esters is 2. The number of aromatic amines is 1. The molecule has 0 saturated heterocycles. The van der Waals surface area contributed by atoms with Gasteiger partial charge in [0.2, 0.25) is 0 Å². The smallest absolute Gasteiger partial charge is 0.343 e. The lowest BCUT2D eigenvalue weighted by atomic mass is 9.86. The zero-order chi connectivity index (χ0) is 20.3. The van der Waals surface area contributed by atoms with Crippen LogP contribution in [-0.2, 0) is 9.53 Å². The second-order valence-corrected chi connectivity index (χ2v) is 6.54. The molecule has 0 saturated carbocycles. The largest absolute Gasteiger partial charge is 0.489 e. The Kier molecular flexibility index (Phi) is 5.63. The molecular weight excluding hydrogens is 362 g/mol. The number of pyridine rings is 1. The first-order valence-electron chi connectivity index (χ1n) is 8.91. The predicted molar refractivity (Wildman–Crippen MR) is 102 cm³/mol. The van der Waals surface area contributed by atoms with E-state index in [1.54, 1.807) is 31.2 Å². The van der Waals surface area contributed by atoms with Crippen molar-refractivity contribution in [2.24, 2.45) is 0 Å². The Morgan fingerprint density at radius 2 is 2.00 bits per heavy atom. The van der Waals surface area contributed by atoms with E-state index in [-0.39, 0.29) is 29.9 Å². The zero-order valence-electron chi connectivity index (χ0n) is 15.7. The maximum Gasteiger partial charge on any atom is 0.343 e. The van der Waals surface area contributed by atoms with Crippen LogP contribution in [0.1, 0.15) is 47.7 Å². The van der Waals surface area contributed by atoms with E-state index in [0.29, 0.717) is 12.4 Å².